The molecule has 1 heterocycles. The zero-order valence-electron chi connectivity index (χ0n) is 15.0. The van der Waals surface area contributed by atoms with Crippen molar-refractivity contribution in [3.8, 4) is 11.5 Å². The fourth-order valence-electron chi connectivity index (χ4n) is 2.60. The molecule has 4 nitrogen and oxygen atoms in total. The highest BCUT2D eigenvalue weighted by Crippen LogP contribution is 2.37. The molecule has 3 aromatic rings. The highest BCUT2D eigenvalue weighted by Gasteiger charge is 2.12. The van der Waals surface area contributed by atoms with Crippen LogP contribution in [0, 0.1) is 0 Å². The van der Waals surface area contributed by atoms with Crippen molar-refractivity contribution >= 4 is 28.3 Å². The van der Waals surface area contributed by atoms with Crippen LogP contribution < -0.4 is 14.8 Å². The van der Waals surface area contributed by atoms with Crippen molar-refractivity contribution in [3.05, 3.63) is 88.2 Å². The van der Waals surface area contributed by atoms with Gasteiger partial charge in [0, 0.05) is 31.0 Å². The van der Waals surface area contributed by atoms with Gasteiger partial charge in [0.25, 0.3) is 0 Å². The van der Waals surface area contributed by atoms with E-state index in [4.69, 9.17) is 9.47 Å². The number of hydrogen-bond donors (Lipinski definition) is 1. The summed E-state index contributed by atoms with van der Waals surface area (Å²) >= 11 is 3.60. The molecule has 0 bridgehead atoms. The van der Waals surface area contributed by atoms with Crippen molar-refractivity contribution in [3.63, 3.8) is 0 Å². The van der Waals surface area contributed by atoms with E-state index in [1.807, 2.05) is 36.4 Å². The fourth-order valence-corrected chi connectivity index (χ4v) is 3.21. The van der Waals surface area contributed by atoms with Gasteiger partial charge in [-0.05, 0) is 45.3 Å². The van der Waals surface area contributed by atoms with Gasteiger partial charge < -0.3 is 14.8 Å². The zero-order chi connectivity index (χ0) is 18.2. The molecule has 27 heavy (non-hydrogen) atoms. The third-order valence-electron chi connectivity index (χ3n) is 3.90. The molecule has 1 N–H and O–H groups in total. The first-order valence-corrected chi connectivity index (χ1v) is 9.18. The standard InChI is InChI=1S/C21H21BrN2O2.ClH/c1-25-20-11-18(14-24-12-16-6-3-2-4-7-16)10-19(22)21(20)26-15-17-8-5-9-23-13-17;/h2-11,13,24H,12,14-15H2,1H3;1H. The molecule has 3 rings (SSSR count). The Morgan fingerprint density at radius 1 is 0.963 bits per heavy atom. The Bertz CT molecular complexity index is 832. The largest absolute Gasteiger partial charge is 0.493 e. The Labute approximate surface area is 174 Å². The number of ether oxygens (including phenoxy) is 2. The van der Waals surface area contributed by atoms with Crippen LogP contribution in [0.1, 0.15) is 16.7 Å². The molecule has 142 valence electrons. The Balaban J connectivity index is 0.00000261. The minimum atomic E-state index is 0. The molecule has 6 heteroatoms. The molecule has 0 unspecified atom stereocenters. The first-order chi connectivity index (χ1) is 12.8. The number of hydrogen-bond acceptors (Lipinski definition) is 4. The van der Waals surface area contributed by atoms with Crippen LogP contribution in [-0.2, 0) is 19.7 Å². The maximum Gasteiger partial charge on any atom is 0.175 e. The number of aromatic nitrogens is 1. The van der Waals surface area contributed by atoms with E-state index in [1.54, 1.807) is 19.5 Å². The number of benzene rings is 2. The molecule has 0 fully saturated rings. The highest BCUT2D eigenvalue weighted by atomic mass is 79.9. The lowest BCUT2D eigenvalue weighted by atomic mass is 10.2. The van der Waals surface area contributed by atoms with E-state index in [-0.39, 0.29) is 12.4 Å². The molecule has 0 saturated heterocycles. The summed E-state index contributed by atoms with van der Waals surface area (Å²) in [4.78, 5) is 4.10. The first kappa shape index (κ1) is 21.2. The number of rotatable bonds is 8. The van der Waals surface area contributed by atoms with E-state index in [9.17, 15) is 0 Å². The molecule has 0 aliphatic carbocycles. The maximum atomic E-state index is 5.94. The lowest BCUT2D eigenvalue weighted by Crippen LogP contribution is -2.12. The van der Waals surface area contributed by atoms with Crippen molar-refractivity contribution in [2.24, 2.45) is 0 Å². The van der Waals surface area contributed by atoms with E-state index in [0.29, 0.717) is 18.1 Å². The maximum absolute atomic E-state index is 5.94. The van der Waals surface area contributed by atoms with Crippen LogP contribution in [0.3, 0.4) is 0 Å². The van der Waals surface area contributed by atoms with Gasteiger partial charge in [-0.25, -0.2) is 0 Å². The highest BCUT2D eigenvalue weighted by molar-refractivity contribution is 9.10. The van der Waals surface area contributed by atoms with Gasteiger partial charge >= 0.3 is 0 Å². The van der Waals surface area contributed by atoms with Crippen molar-refractivity contribution in [2.75, 3.05) is 7.11 Å². The van der Waals surface area contributed by atoms with Gasteiger partial charge in [-0.1, -0.05) is 36.4 Å². The van der Waals surface area contributed by atoms with E-state index in [1.165, 1.54) is 5.56 Å². The fraction of sp³-hybridized carbons (Fsp3) is 0.190. The van der Waals surface area contributed by atoms with Crippen LogP contribution in [0.5, 0.6) is 11.5 Å². The third kappa shape index (κ3) is 6.24. The number of nitrogens with one attached hydrogen (secondary N) is 1. The van der Waals surface area contributed by atoms with Gasteiger partial charge in [-0.3, -0.25) is 4.98 Å². The monoisotopic (exact) mass is 448 g/mol. The normalized spacial score (nSPS) is 10.1. The zero-order valence-corrected chi connectivity index (χ0v) is 17.4. The van der Waals surface area contributed by atoms with Gasteiger partial charge in [0.1, 0.15) is 6.61 Å². The molecule has 0 radical (unpaired) electrons. The number of nitrogens with zero attached hydrogens (tertiary/aromatic N) is 1. The summed E-state index contributed by atoms with van der Waals surface area (Å²) in [5, 5.41) is 3.45. The second-order valence-electron chi connectivity index (χ2n) is 5.85. The van der Waals surface area contributed by atoms with Gasteiger partial charge in [0.05, 0.1) is 11.6 Å². The number of pyridine rings is 1. The summed E-state index contributed by atoms with van der Waals surface area (Å²) in [5.41, 5.74) is 3.39. The van der Waals surface area contributed by atoms with Crippen LogP contribution in [-0.4, -0.2) is 12.1 Å². The average molecular weight is 450 g/mol. The molecule has 0 aliphatic heterocycles. The van der Waals surface area contributed by atoms with Crippen LogP contribution >= 0.6 is 28.3 Å². The second-order valence-corrected chi connectivity index (χ2v) is 6.70. The number of halogens is 2. The molecule has 2 aromatic carbocycles. The van der Waals surface area contributed by atoms with Crippen LogP contribution in [0.25, 0.3) is 0 Å². The Morgan fingerprint density at radius 3 is 2.41 bits per heavy atom. The summed E-state index contributed by atoms with van der Waals surface area (Å²) in [6.07, 6.45) is 3.54. The summed E-state index contributed by atoms with van der Waals surface area (Å²) in [6, 6.07) is 18.3. The minimum Gasteiger partial charge on any atom is -0.493 e. The van der Waals surface area contributed by atoms with Crippen LogP contribution in [0.4, 0.5) is 0 Å². The smallest absolute Gasteiger partial charge is 0.175 e. The predicted molar refractivity (Wildman–Crippen MR) is 113 cm³/mol. The van der Waals surface area contributed by atoms with E-state index >= 15 is 0 Å². The Morgan fingerprint density at radius 2 is 1.70 bits per heavy atom. The minimum absolute atomic E-state index is 0. The quantitative estimate of drug-likeness (QED) is 0.517. The Kier molecular flexibility index (Phi) is 8.58. The van der Waals surface area contributed by atoms with Gasteiger partial charge in [-0.2, -0.15) is 0 Å². The van der Waals surface area contributed by atoms with Crippen molar-refractivity contribution in [2.45, 2.75) is 19.7 Å². The van der Waals surface area contributed by atoms with Gasteiger partial charge in [0.15, 0.2) is 11.5 Å². The summed E-state index contributed by atoms with van der Waals surface area (Å²) < 4.78 is 12.3. The summed E-state index contributed by atoms with van der Waals surface area (Å²) in [5.74, 6) is 1.41. The Hall–Kier alpha value is -2.08. The van der Waals surface area contributed by atoms with Crippen molar-refractivity contribution < 1.29 is 9.47 Å². The first-order valence-electron chi connectivity index (χ1n) is 8.39. The molecule has 0 amide bonds. The molecule has 0 saturated carbocycles. The molecular weight excluding hydrogens is 428 g/mol. The average Bonchev–Trinajstić information content (AvgIpc) is 2.68. The second kappa shape index (κ2) is 10.9. The molecule has 1 aromatic heterocycles. The third-order valence-corrected chi connectivity index (χ3v) is 4.49. The molecular formula is C21H22BrClN2O2. The van der Waals surface area contributed by atoms with Crippen LogP contribution in [0.15, 0.2) is 71.5 Å². The lowest BCUT2D eigenvalue weighted by molar-refractivity contribution is 0.282. The lowest BCUT2D eigenvalue weighted by Gasteiger charge is -2.15. The SMILES string of the molecule is COc1cc(CNCc2ccccc2)cc(Br)c1OCc1cccnc1.Cl. The number of methoxy groups -OCH3 is 1. The molecule has 0 atom stereocenters. The van der Waals surface area contributed by atoms with E-state index < -0.39 is 0 Å². The van der Waals surface area contributed by atoms with E-state index in [0.717, 1.165) is 28.7 Å². The van der Waals surface area contributed by atoms with E-state index in [2.05, 4.69) is 44.4 Å². The summed E-state index contributed by atoms with van der Waals surface area (Å²) in [7, 11) is 1.65. The van der Waals surface area contributed by atoms with Crippen LogP contribution in [0.2, 0.25) is 0 Å². The van der Waals surface area contributed by atoms with Crippen molar-refractivity contribution in [1.29, 1.82) is 0 Å². The summed E-state index contributed by atoms with van der Waals surface area (Å²) in [6.45, 7) is 2.00. The molecule has 0 spiro atoms. The van der Waals surface area contributed by atoms with Crippen molar-refractivity contribution in [1.82, 2.24) is 10.3 Å². The molecule has 0 aliphatic rings. The van der Waals surface area contributed by atoms with Gasteiger partial charge in [0.2, 0.25) is 0 Å². The predicted octanol–water partition coefficient (Wildman–Crippen LogP) is 5.14. The van der Waals surface area contributed by atoms with Gasteiger partial charge in [-0.15, -0.1) is 12.4 Å². The topological polar surface area (TPSA) is 43.4 Å².